The van der Waals surface area contributed by atoms with Crippen LogP contribution in [0.3, 0.4) is 0 Å². The lowest BCUT2D eigenvalue weighted by molar-refractivity contribution is 0.352. The number of sulfonamides is 1. The van der Waals surface area contributed by atoms with E-state index < -0.39 is 15.8 Å². The maximum Gasteiger partial charge on any atom is 0.241 e. The SMILES string of the molecule is Cc1cc(F)cc(C)c1S(=O)(=O)NCC(C)(C)CCCl. The van der Waals surface area contributed by atoms with Crippen molar-refractivity contribution in [3.8, 4) is 0 Å². The van der Waals surface area contributed by atoms with Gasteiger partial charge >= 0.3 is 0 Å². The van der Waals surface area contributed by atoms with Crippen molar-refractivity contribution in [2.45, 2.75) is 39.0 Å². The molecule has 0 saturated carbocycles. The number of halogens is 2. The zero-order valence-corrected chi connectivity index (χ0v) is 13.8. The normalized spacial score (nSPS) is 12.7. The number of rotatable bonds is 6. The first-order chi connectivity index (χ1) is 9.09. The largest absolute Gasteiger partial charge is 0.241 e. The predicted octanol–water partition coefficient (Wildman–Crippen LogP) is 3.38. The van der Waals surface area contributed by atoms with Gasteiger partial charge in [-0.3, -0.25) is 0 Å². The van der Waals surface area contributed by atoms with Crippen molar-refractivity contribution >= 4 is 21.6 Å². The molecule has 0 fully saturated rings. The average Bonchev–Trinajstić information content (AvgIpc) is 2.24. The average molecular weight is 322 g/mol. The molecular formula is C14H21ClFNO2S. The van der Waals surface area contributed by atoms with Gasteiger partial charge in [0, 0.05) is 12.4 Å². The Morgan fingerprint density at radius 1 is 1.25 bits per heavy atom. The molecule has 0 saturated heterocycles. The zero-order valence-electron chi connectivity index (χ0n) is 12.3. The molecule has 1 rings (SSSR count). The lowest BCUT2D eigenvalue weighted by atomic mass is 9.91. The molecule has 20 heavy (non-hydrogen) atoms. The standard InChI is InChI=1S/C14H21ClFNO2S/c1-10-7-12(16)8-11(2)13(10)20(18,19)17-9-14(3,4)5-6-15/h7-8,17H,5-6,9H2,1-4H3. The van der Waals surface area contributed by atoms with E-state index in [2.05, 4.69) is 4.72 Å². The summed E-state index contributed by atoms with van der Waals surface area (Å²) in [6, 6.07) is 2.46. The molecule has 114 valence electrons. The van der Waals surface area contributed by atoms with Crippen LogP contribution in [0.25, 0.3) is 0 Å². The van der Waals surface area contributed by atoms with E-state index in [-0.39, 0.29) is 16.9 Å². The van der Waals surface area contributed by atoms with E-state index in [0.717, 1.165) is 0 Å². The molecule has 0 aliphatic heterocycles. The van der Waals surface area contributed by atoms with Crippen molar-refractivity contribution in [3.05, 3.63) is 29.1 Å². The molecule has 3 nitrogen and oxygen atoms in total. The van der Waals surface area contributed by atoms with E-state index in [0.29, 0.717) is 23.4 Å². The second-order valence-corrected chi connectivity index (χ2v) is 7.88. The maximum absolute atomic E-state index is 13.2. The van der Waals surface area contributed by atoms with E-state index in [1.165, 1.54) is 12.1 Å². The predicted molar refractivity (Wildman–Crippen MR) is 80.2 cm³/mol. The van der Waals surface area contributed by atoms with Crippen LogP contribution in [-0.2, 0) is 10.0 Å². The van der Waals surface area contributed by atoms with E-state index in [1.807, 2.05) is 13.8 Å². The van der Waals surface area contributed by atoms with Gasteiger partial charge in [0.2, 0.25) is 10.0 Å². The summed E-state index contributed by atoms with van der Waals surface area (Å²) in [5.74, 6) is 0.0463. The van der Waals surface area contributed by atoms with Gasteiger partial charge < -0.3 is 0 Å². The van der Waals surface area contributed by atoms with Crippen molar-refractivity contribution < 1.29 is 12.8 Å². The Hall–Kier alpha value is -0.650. The highest BCUT2D eigenvalue weighted by Gasteiger charge is 2.24. The van der Waals surface area contributed by atoms with Crippen LogP contribution >= 0.6 is 11.6 Å². The van der Waals surface area contributed by atoms with Crippen LogP contribution in [-0.4, -0.2) is 20.8 Å². The number of hydrogen-bond acceptors (Lipinski definition) is 2. The quantitative estimate of drug-likeness (QED) is 0.816. The van der Waals surface area contributed by atoms with Crippen LogP contribution in [0.1, 0.15) is 31.4 Å². The molecule has 1 aromatic rings. The highest BCUT2D eigenvalue weighted by Crippen LogP contribution is 2.24. The first-order valence-electron chi connectivity index (χ1n) is 6.41. The van der Waals surface area contributed by atoms with E-state index in [1.54, 1.807) is 13.8 Å². The van der Waals surface area contributed by atoms with Crippen LogP contribution in [0.5, 0.6) is 0 Å². The van der Waals surface area contributed by atoms with Crippen LogP contribution in [0, 0.1) is 25.1 Å². The Morgan fingerprint density at radius 3 is 2.20 bits per heavy atom. The molecule has 6 heteroatoms. The Labute approximate surface area is 125 Å². The third-order valence-corrected chi connectivity index (χ3v) is 5.10. The molecule has 0 aromatic heterocycles. The molecular weight excluding hydrogens is 301 g/mol. The first kappa shape index (κ1) is 17.4. The molecule has 0 aliphatic carbocycles. The molecule has 0 heterocycles. The van der Waals surface area contributed by atoms with Crippen molar-refractivity contribution in [2.75, 3.05) is 12.4 Å². The third-order valence-electron chi connectivity index (χ3n) is 3.21. The van der Waals surface area contributed by atoms with Crippen molar-refractivity contribution in [1.29, 1.82) is 0 Å². The molecule has 1 N–H and O–H groups in total. The Bertz CT molecular complexity index is 562. The Kier molecular flexibility index (Phi) is 5.58. The second-order valence-electron chi connectivity index (χ2n) is 5.80. The molecule has 0 atom stereocenters. The molecule has 0 radical (unpaired) electrons. The summed E-state index contributed by atoms with van der Waals surface area (Å²) >= 11 is 5.70. The van der Waals surface area contributed by atoms with E-state index in [9.17, 15) is 12.8 Å². The van der Waals surface area contributed by atoms with Crippen LogP contribution in [0.2, 0.25) is 0 Å². The van der Waals surface area contributed by atoms with Crippen molar-refractivity contribution in [1.82, 2.24) is 4.72 Å². The summed E-state index contributed by atoms with van der Waals surface area (Å²) in [5.41, 5.74) is 0.590. The fourth-order valence-corrected chi connectivity index (χ4v) is 4.23. The third kappa shape index (κ3) is 4.43. The molecule has 0 aliphatic rings. The molecule has 0 spiro atoms. The molecule has 1 aromatic carbocycles. The van der Waals surface area contributed by atoms with Gasteiger partial charge in [0.15, 0.2) is 0 Å². The van der Waals surface area contributed by atoms with Gasteiger partial charge in [0.25, 0.3) is 0 Å². The number of hydrogen-bond donors (Lipinski definition) is 1. The number of aryl methyl sites for hydroxylation is 2. The summed E-state index contributed by atoms with van der Waals surface area (Å²) in [7, 11) is -3.65. The van der Waals surface area contributed by atoms with Crippen LogP contribution in [0.4, 0.5) is 4.39 Å². The highest BCUT2D eigenvalue weighted by atomic mass is 35.5. The fourth-order valence-electron chi connectivity index (χ4n) is 2.03. The van der Waals surface area contributed by atoms with Crippen LogP contribution < -0.4 is 4.72 Å². The summed E-state index contributed by atoms with van der Waals surface area (Å²) in [6.07, 6.45) is 0.707. The topological polar surface area (TPSA) is 46.2 Å². The van der Waals surface area contributed by atoms with Gasteiger partial charge in [0.1, 0.15) is 5.82 Å². The lowest BCUT2D eigenvalue weighted by Gasteiger charge is -2.24. The number of alkyl halides is 1. The molecule has 0 bridgehead atoms. The summed E-state index contributed by atoms with van der Waals surface area (Å²) in [6.45, 7) is 7.37. The summed E-state index contributed by atoms with van der Waals surface area (Å²) < 4.78 is 40.6. The minimum Gasteiger partial charge on any atom is -0.211 e. The minimum atomic E-state index is -3.65. The highest BCUT2D eigenvalue weighted by molar-refractivity contribution is 7.89. The minimum absolute atomic E-state index is 0.153. The molecule has 0 amide bonds. The molecule has 0 unspecified atom stereocenters. The van der Waals surface area contributed by atoms with Gasteiger partial charge in [-0.25, -0.2) is 17.5 Å². The zero-order chi connectivity index (χ0) is 15.6. The Morgan fingerprint density at radius 2 is 1.75 bits per heavy atom. The van der Waals surface area contributed by atoms with E-state index >= 15 is 0 Å². The van der Waals surface area contributed by atoms with Gasteiger partial charge in [-0.15, -0.1) is 11.6 Å². The number of benzene rings is 1. The maximum atomic E-state index is 13.2. The van der Waals surface area contributed by atoms with E-state index in [4.69, 9.17) is 11.6 Å². The summed E-state index contributed by atoms with van der Waals surface area (Å²) in [5, 5.41) is 0. The van der Waals surface area contributed by atoms with Gasteiger partial charge in [-0.05, 0) is 48.9 Å². The van der Waals surface area contributed by atoms with Crippen LogP contribution in [0.15, 0.2) is 17.0 Å². The van der Waals surface area contributed by atoms with Gasteiger partial charge in [-0.1, -0.05) is 13.8 Å². The van der Waals surface area contributed by atoms with Gasteiger partial charge in [0.05, 0.1) is 4.90 Å². The van der Waals surface area contributed by atoms with Crippen molar-refractivity contribution in [3.63, 3.8) is 0 Å². The fraction of sp³-hybridized carbons (Fsp3) is 0.571. The number of nitrogens with one attached hydrogen (secondary N) is 1. The summed E-state index contributed by atoms with van der Waals surface area (Å²) in [4.78, 5) is 0.153. The Balaban J connectivity index is 3.01. The lowest BCUT2D eigenvalue weighted by Crippen LogP contribution is -2.35. The van der Waals surface area contributed by atoms with Gasteiger partial charge in [-0.2, -0.15) is 0 Å². The van der Waals surface area contributed by atoms with Crippen molar-refractivity contribution in [2.24, 2.45) is 5.41 Å². The monoisotopic (exact) mass is 321 g/mol. The second kappa shape index (κ2) is 6.41. The first-order valence-corrected chi connectivity index (χ1v) is 8.43. The smallest absolute Gasteiger partial charge is 0.211 e.